The first-order valence-electron chi connectivity index (χ1n) is 10.1. The van der Waals surface area contributed by atoms with Gasteiger partial charge in [-0.25, -0.2) is 21.8 Å². The van der Waals surface area contributed by atoms with E-state index in [1.54, 1.807) is 0 Å². The molecule has 7 nitrogen and oxygen atoms in total. The molecule has 0 amide bonds. The summed E-state index contributed by atoms with van der Waals surface area (Å²) >= 11 is 6.74. The molecule has 0 unspecified atom stereocenters. The zero-order chi connectivity index (χ0) is 24.2. The quantitative estimate of drug-likeness (QED) is 0.327. The van der Waals surface area contributed by atoms with Gasteiger partial charge < -0.3 is 0 Å². The first kappa shape index (κ1) is 24.4. The van der Waals surface area contributed by atoms with Gasteiger partial charge in [0.15, 0.2) is 0 Å². The van der Waals surface area contributed by atoms with Gasteiger partial charge >= 0.3 is 0 Å². The lowest BCUT2D eigenvalue weighted by molar-refractivity contribution is 0.401. The number of benzene rings is 2. The molecule has 0 saturated carbocycles. The molecule has 4 aromatic rings. The van der Waals surface area contributed by atoms with Crippen molar-refractivity contribution in [1.29, 1.82) is 0 Å². The van der Waals surface area contributed by atoms with Gasteiger partial charge in [-0.05, 0) is 35.4 Å². The summed E-state index contributed by atoms with van der Waals surface area (Å²) in [5, 5.41) is 0. The largest absolute Gasteiger partial charge is 0.272 e. The fourth-order valence-electron chi connectivity index (χ4n) is 3.17. The summed E-state index contributed by atoms with van der Waals surface area (Å²) < 4.78 is 56.0. The lowest BCUT2D eigenvalue weighted by atomic mass is 10.2. The zero-order valence-electron chi connectivity index (χ0n) is 17.7. The summed E-state index contributed by atoms with van der Waals surface area (Å²) in [6.07, 6.45) is 1.15. The van der Waals surface area contributed by atoms with Crippen LogP contribution in [0.1, 0.15) is 11.1 Å². The van der Waals surface area contributed by atoms with Crippen LogP contribution in [0.3, 0.4) is 0 Å². The molecule has 2 heterocycles. The molecule has 34 heavy (non-hydrogen) atoms. The number of thiophene rings is 1. The van der Waals surface area contributed by atoms with Gasteiger partial charge in [0, 0.05) is 19.3 Å². The fourth-order valence-corrected chi connectivity index (χ4v) is 7.03. The van der Waals surface area contributed by atoms with Gasteiger partial charge in [-0.1, -0.05) is 72.3 Å². The van der Waals surface area contributed by atoms with Crippen LogP contribution in [0.25, 0.3) is 0 Å². The van der Waals surface area contributed by atoms with Crippen molar-refractivity contribution in [2.75, 3.05) is 4.72 Å². The molecule has 0 fully saturated rings. The molecule has 2 aromatic carbocycles. The Morgan fingerprint density at radius 2 is 1.38 bits per heavy atom. The van der Waals surface area contributed by atoms with Crippen molar-refractivity contribution < 1.29 is 16.8 Å². The maximum absolute atomic E-state index is 13.5. The van der Waals surface area contributed by atoms with Gasteiger partial charge in [-0.3, -0.25) is 4.72 Å². The molecular weight excluding hydrogens is 514 g/mol. The summed E-state index contributed by atoms with van der Waals surface area (Å²) in [6.45, 7) is 0.344. The summed E-state index contributed by atoms with van der Waals surface area (Å²) in [7, 11) is -7.81. The van der Waals surface area contributed by atoms with Crippen molar-refractivity contribution in [2.45, 2.75) is 22.2 Å². The summed E-state index contributed by atoms with van der Waals surface area (Å²) in [5.74, 6) is 0.00106. The molecule has 0 aliphatic rings. The normalized spacial score (nSPS) is 12.1. The van der Waals surface area contributed by atoms with Crippen molar-refractivity contribution in [1.82, 2.24) is 9.29 Å². The highest BCUT2D eigenvalue weighted by molar-refractivity contribution is 7.94. The minimum Gasteiger partial charge on any atom is -0.263 e. The molecule has 2 aromatic heterocycles. The number of halogens is 1. The van der Waals surface area contributed by atoms with E-state index in [1.165, 1.54) is 28.6 Å². The zero-order valence-corrected chi connectivity index (χ0v) is 20.9. The van der Waals surface area contributed by atoms with Gasteiger partial charge in [0.2, 0.25) is 10.0 Å². The van der Waals surface area contributed by atoms with E-state index in [4.69, 9.17) is 11.6 Å². The van der Waals surface area contributed by atoms with E-state index >= 15 is 0 Å². The van der Waals surface area contributed by atoms with Gasteiger partial charge in [0.25, 0.3) is 10.0 Å². The SMILES string of the molecule is O=S(=O)(Nc1ccc(S(=O)(=O)N(Cc2ccccc2)Cc2ccccc2)cn1)c1ccc(Cl)s1. The van der Waals surface area contributed by atoms with Crippen LogP contribution in [0.4, 0.5) is 5.82 Å². The van der Waals surface area contributed by atoms with Crippen LogP contribution in [0, 0.1) is 0 Å². The molecule has 1 N–H and O–H groups in total. The summed E-state index contributed by atoms with van der Waals surface area (Å²) in [4.78, 5) is 3.99. The van der Waals surface area contributed by atoms with Crippen LogP contribution >= 0.6 is 22.9 Å². The third-order valence-electron chi connectivity index (χ3n) is 4.83. The lowest BCUT2D eigenvalue weighted by Crippen LogP contribution is -2.30. The predicted octanol–water partition coefficient (Wildman–Crippen LogP) is 4.99. The molecule has 11 heteroatoms. The van der Waals surface area contributed by atoms with Crippen molar-refractivity contribution in [3.63, 3.8) is 0 Å². The van der Waals surface area contributed by atoms with Crippen molar-refractivity contribution in [3.05, 3.63) is 107 Å². The number of nitrogens with zero attached hydrogens (tertiary/aromatic N) is 2. The lowest BCUT2D eigenvalue weighted by Gasteiger charge is -2.22. The second kappa shape index (κ2) is 10.2. The van der Waals surface area contributed by atoms with Crippen LogP contribution in [0.15, 0.2) is 100 Å². The minimum atomic E-state index is -3.93. The number of anilines is 1. The van der Waals surface area contributed by atoms with Crippen LogP contribution < -0.4 is 4.72 Å². The number of nitrogens with one attached hydrogen (secondary N) is 1. The first-order valence-corrected chi connectivity index (χ1v) is 14.2. The topological polar surface area (TPSA) is 96.4 Å². The van der Waals surface area contributed by atoms with Gasteiger partial charge in [0.05, 0.1) is 4.34 Å². The molecule has 0 aliphatic heterocycles. The van der Waals surface area contributed by atoms with E-state index in [1.807, 2.05) is 60.7 Å². The standard InChI is InChI=1S/C23H20ClN3O4S3/c24-21-12-14-23(32-21)33(28,29)26-22-13-11-20(15-25-22)34(30,31)27(16-18-7-3-1-4-8-18)17-19-9-5-2-6-10-19/h1-15H,16-17H2,(H,25,26). The minimum absolute atomic E-state index is 0.00106. The molecule has 0 radical (unpaired) electrons. The van der Waals surface area contributed by atoms with E-state index in [9.17, 15) is 16.8 Å². The highest BCUT2D eigenvalue weighted by Crippen LogP contribution is 2.27. The Morgan fingerprint density at radius 1 is 0.794 bits per heavy atom. The molecule has 4 rings (SSSR count). The highest BCUT2D eigenvalue weighted by atomic mass is 35.5. The second-order valence-electron chi connectivity index (χ2n) is 7.29. The Morgan fingerprint density at radius 3 is 1.85 bits per heavy atom. The molecule has 176 valence electrons. The van der Waals surface area contributed by atoms with E-state index < -0.39 is 20.0 Å². The van der Waals surface area contributed by atoms with Gasteiger partial charge in [0.1, 0.15) is 14.9 Å². The average Bonchev–Trinajstić information content (AvgIpc) is 3.27. The Hall–Kier alpha value is -2.76. The van der Waals surface area contributed by atoms with Gasteiger partial charge in [-0.15, -0.1) is 11.3 Å². The molecule has 0 bridgehead atoms. The molecule has 0 atom stereocenters. The van der Waals surface area contributed by atoms with E-state index in [2.05, 4.69) is 9.71 Å². The Labute approximate surface area is 207 Å². The number of sulfonamides is 2. The maximum Gasteiger partial charge on any atom is 0.272 e. The number of hydrogen-bond acceptors (Lipinski definition) is 6. The van der Waals surface area contributed by atoms with Gasteiger partial charge in [-0.2, -0.15) is 4.31 Å². The maximum atomic E-state index is 13.5. The third kappa shape index (κ3) is 5.83. The van der Waals surface area contributed by atoms with Crippen LogP contribution in [-0.4, -0.2) is 26.1 Å². The average molecular weight is 534 g/mol. The Bertz CT molecular complexity index is 1420. The van der Waals surface area contributed by atoms with Crippen LogP contribution in [0.5, 0.6) is 0 Å². The summed E-state index contributed by atoms with van der Waals surface area (Å²) in [6, 6.07) is 24.1. The fraction of sp³-hybridized carbons (Fsp3) is 0.0870. The van der Waals surface area contributed by atoms with Crippen molar-refractivity contribution >= 4 is 48.8 Å². The predicted molar refractivity (Wildman–Crippen MR) is 134 cm³/mol. The molecular formula is C23H20ClN3O4S3. The van der Waals surface area contributed by atoms with Crippen LogP contribution in [-0.2, 0) is 33.1 Å². The van der Waals surface area contributed by atoms with Crippen molar-refractivity contribution in [3.8, 4) is 0 Å². The number of pyridine rings is 1. The van der Waals surface area contributed by atoms with Crippen molar-refractivity contribution in [2.24, 2.45) is 0 Å². The van der Waals surface area contributed by atoms with E-state index in [0.29, 0.717) is 4.34 Å². The Balaban J connectivity index is 1.59. The Kier molecular flexibility index (Phi) is 7.34. The molecule has 0 aliphatic carbocycles. The molecule has 0 saturated heterocycles. The summed E-state index contributed by atoms with van der Waals surface area (Å²) in [5.41, 5.74) is 1.68. The van der Waals surface area contributed by atoms with E-state index in [-0.39, 0.29) is 28.0 Å². The number of rotatable bonds is 9. The third-order valence-corrected chi connectivity index (χ3v) is 9.68. The second-order valence-corrected chi connectivity index (χ2v) is 12.8. The highest BCUT2D eigenvalue weighted by Gasteiger charge is 2.26. The molecule has 0 spiro atoms. The number of aromatic nitrogens is 1. The van der Waals surface area contributed by atoms with E-state index in [0.717, 1.165) is 28.7 Å². The first-order chi connectivity index (χ1) is 16.2. The van der Waals surface area contributed by atoms with Crippen LogP contribution in [0.2, 0.25) is 4.34 Å². The number of hydrogen-bond donors (Lipinski definition) is 1. The monoisotopic (exact) mass is 533 g/mol. The smallest absolute Gasteiger partial charge is 0.263 e.